The van der Waals surface area contributed by atoms with Crippen LogP contribution < -0.4 is 19.6 Å². The normalized spacial score (nSPS) is 12.2. The molecule has 1 spiro atoms. The maximum atomic E-state index is 2.56. The first-order chi connectivity index (χ1) is 61.6. The molecule has 126 heavy (non-hydrogen) atoms. The molecule has 606 valence electrons. The molecule has 0 saturated heterocycles. The van der Waals surface area contributed by atoms with Gasteiger partial charge in [-0.1, -0.05) is 356 Å². The molecule has 0 aromatic heterocycles. The Balaban J connectivity index is 0.664. The molecule has 0 amide bonds. The lowest BCUT2D eigenvalue weighted by Gasteiger charge is -2.34. The minimum absolute atomic E-state index is 0.118. The fraction of sp³-hybridized carbons (Fsp3) is 0.0820. The average Bonchev–Trinajstić information content (AvgIpc) is 1.50. The van der Waals surface area contributed by atoms with Gasteiger partial charge in [-0.05, 0) is 298 Å². The van der Waals surface area contributed by atoms with Crippen molar-refractivity contribution in [1.29, 1.82) is 0 Å². The Bertz CT molecular complexity index is 6810. The van der Waals surface area contributed by atoms with Crippen LogP contribution in [0.2, 0.25) is 0 Å². The maximum absolute atomic E-state index is 2.56. The van der Waals surface area contributed by atoms with Gasteiger partial charge in [0, 0.05) is 68.2 Å². The fourth-order valence-electron chi connectivity index (χ4n) is 18.8. The molecular formula is C122H98N4. The summed E-state index contributed by atoms with van der Waals surface area (Å²) in [4.78, 5) is 9.62. The molecule has 0 atom stereocenters. The molecule has 0 aliphatic heterocycles. The maximum Gasteiger partial charge on any atom is 0.0727 e. The van der Waals surface area contributed by atoms with Gasteiger partial charge >= 0.3 is 0 Å². The molecule has 20 rings (SSSR count). The van der Waals surface area contributed by atoms with Gasteiger partial charge in [0.1, 0.15) is 0 Å². The van der Waals surface area contributed by atoms with Crippen LogP contribution in [-0.4, -0.2) is 0 Å². The Morgan fingerprint density at radius 1 is 0.206 bits per heavy atom. The Morgan fingerprint density at radius 2 is 0.444 bits per heavy atom. The smallest absolute Gasteiger partial charge is 0.0727 e. The number of hydrogen-bond donors (Lipinski definition) is 0. The molecule has 4 nitrogen and oxygen atoms in total. The number of fused-ring (bicyclic) bond motifs is 10. The second kappa shape index (κ2) is 33.5. The molecule has 2 aliphatic rings. The molecule has 0 bridgehead atoms. The zero-order chi connectivity index (χ0) is 85.5. The summed E-state index contributed by atoms with van der Waals surface area (Å²) in [6.07, 6.45) is 4.61. The lowest BCUT2D eigenvalue weighted by Crippen LogP contribution is -2.28. The van der Waals surface area contributed by atoms with Gasteiger partial charge in [-0.3, -0.25) is 0 Å². The minimum Gasteiger partial charge on any atom is -0.311 e. The molecule has 18 aromatic carbocycles. The third kappa shape index (κ3) is 15.3. The second-order valence-electron chi connectivity index (χ2n) is 35.4. The molecule has 0 radical (unpaired) electrons. The number of anilines is 12. The van der Waals surface area contributed by atoms with Crippen molar-refractivity contribution in [3.05, 3.63) is 527 Å². The molecule has 18 aromatic rings. The van der Waals surface area contributed by atoms with Gasteiger partial charge in [-0.2, -0.15) is 0 Å². The molecule has 0 unspecified atom stereocenters. The Kier molecular flexibility index (Phi) is 21.0. The van der Waals surface area contributed by atoms with E-state index in [0.717, 1.165) is 102 Å². The van der Waals surface area contributed by atoms with Crippen molar-refractivity contribution < 1.29 is 0 Å². The highest BCUT2D eigenvalue weighted by atomic mass is 15.2. The summed E-state index contributed by atoms with van der Waals surface area (Å²) in [5.74, 6) is 0. The van der Waals surface area contributed by atoms with Crippen molar-refractivity contribution in [3.8, 4) is 44.5 Å². The van der Waals surface area contributed by atoms with Gasteiger partial charge in [-0.25, -0.2) is 0 Å². The predicted octanol–water partition coefficient (Wildman–Crippen LogP) is 33.3. The largest absolute Gasteiger partial charge is 0.311 e. The van der Waals surface area contributed by atoms with Gasteiger partial charge in [0.2, 0.25) is 0 Å². The van der Waals surface area contributed by atoms with E-state index in [1.54, 1.807) is 0 Å². The summed E-state index contributed by atoms with van der Waals surface area (Å²) >= 11 is 0. The van der Waals surface area contributed by atoms with E-state index in [1.807, 2.05) is 0 Å². The second-order valence-corrected chi connectivity index (χ2v) is 35.4. The van der Waals surface area contributed by atoms with E-state index in [1.165, 1.54) is 94.6 Å². The molecule has 0 saturated carbocycles. The molecule has 0 fully saturated rings. The van der Waals surface area contributed by atoms with E-state index in [9.17, 15) is 0 Å². The van der Waals surface area contributed by atoms with Gasteiger partial charge in [0.25, 0.3) is 0 Å². The van der Waals surface area contributed by atoms with Gasteiger partial charge in [0.05, 0.1) is 5.41 Å². The lowest BCUT2D eigenvalue weighted by atomic mass is 9.68. The predicted molar refractivity (Wildman–Crippen MR) is 534 cm³/mol. The number of aryl methyl sites for hydroxylation is 1. The summed E-state index contributed by atoms with van der Waals surface area (Å²) in [6.45, 7) is 16.2. The van der Waals surface area contributed by atoms with Crippen molar-refractivity contribution >= 4 is 91.5 Å². The van der Waals surface area contributed by atoms with Crippen molar-refractivity contribution in [2.24, 2.45) is 0 Å². The monoisotopic (exact) mass is 1620 g/mol. The minimum atomic E-state index is -0.706. The van der Waals surface area contributed by atoms with Crippen LogP contribution in [0.3, 0.4) is 0 Å². The summed E-state index contributed by atoms with van der Waals surface area (Å²) in [7, 11) is 0. The van der Waals surface area contributed by atoms with E-state index in [-0.39, 0.29) is 10.8 Å². The summed E-state index contributed by atoms with van der Waals surface area (Å²) < 4.78 is 0. The van der Waals surface area contributed by atoms with Gasteiger partial charge < -0.3 is 19.6 Å². The van der Waals surface area contributed by atoms with E-state index >= 15 is 0 Å². The molecular weight excluding hydrogens is 1520 g/mol. The number of nitrogens with zero attached hydrogens (tertiary/aromatic N) is 4. The van der Waals surface area contributed by atoms with Crippen molar-refractivity contribution in [2.75, 3.05) is 19.6 Å². The van der Waals surface area contributed by atoms with Crippen LogP contribution in [0.15, 0.2) is 455 Å². The SMILES string of the molecule is Cc1ccc(N(c2ccc(C=C(c3ccccc3)c3ccccc3)cc2)c2ccc(-c3ccc(N(c4ccc(C=C(c5ccccc5)c5ccccc5)cc4)c4ccc(-c5cccc(N(c6ccccc6)c6ccc7c(c6)C6(c8cc(N(c9ccccc9)c9ccccc9)ccc8-7)c7cc(C(C)(C)C)ccc7-c7ccc(C(C)(C)C)cc76)c5)cc4)cc3)cc2)cc1. The third-order valence-electron chi connectivity index (χ3n) is 25.2. The summed E-state index contributed by atoms with van der Waals surface area (Å²) in [5, 5.41) is 0. The van der Waals surface area contributed by atoms with E-state index in [2.05, 4.69) is 535 Å². The first-order valence-electron chi connectivity index (χ1n) is 43.9. The van der Waals surface area contributed by atoms with Crippen molar-refractivity contribution in [2.45, 2.75) is 64.7 Å². The van der Waals surface area contributed by atoms with Crippen LogP contribution in [0.5, 0.6) is 0 Å². The molecule has 4 heteroatoms. The zero-order valence-electron chi connectivity index (χ0n) is 72.2. The van der Waals surface area contributed by atoms with Crippen LogP contribution in [-0.2, 0) is 16.2 Å². The van der Waals surface area contributed by atoms with Crippen LogP contribution >= 0.6 is 0 Å². The number of hydrogen-bond acceptors (Lipinski definition) is 4. The molecule has 0 heterocycles. The molecule has 0 N–H and O–H groups in total. The Morgan fingerprint density at radius 3 is 0.770 bits per heavy atom. The standard InChI is InChI=1S/C122H98N4/c1-85-46-60-101(61-47-85)123(102-62-48-86(49-63-102)78-114(91-30-15-8-16-31-91)92-32-17-9-18-33-92)104-66-52-88(53-67-104)89-54-68-105(69-55-89)124(103-64-50-87(51-65-103)79-115(93-34-19-10-20-35-93)94-36-21-11-22-37-94)106-70-56-90(57-71-106)95-38-29-45-107(80-95)126(100-43-27-14-28-44-100)109-73-77-113-112-76-72-108(125(98-39-23-12-24-40-98)99-41-25-13-26-42-99)83-118(112)122(119(113)84-109)116-81-96(120(2,3)4)58-74-110(116)111-75-59-97(82-117(111)122)121(5,6)7/h8-84H,1-7H3. The van der Waals surface area contributed by atoms with Crippen molar-refractivity contribution in [1.82, 2.24) is 0 Å². The van der Waals surface area contributed by atoms with Crippen LogP contribution in [0, 0.1) is 6.92 Å². The fourth-order valence-corrected chi connectivity index (χ4v) is 18.8. The highest BCUT2D eigenvalue weighted by molar-refractivity contribution is 6.00. The van der Waals surface area contributed by atoms with Crippen LogP contribution in [0.25, 0.3) is 67.8 Å². The highest BCUT2D eigenvalue weighted by Gasteiger charge is 2.53. The quantitative estimate of drug-likeness (QED) is 0.0705. The topological polar surface area (TPSA) is 13.0 Å². The average molecular weight is 1620 g/mol. The van der Waals surface area contributed by atoms with E-state index in [0.29, 0.717) is 0 Å². The summed E-state index contributed by atoms with van der Waals surface area (Å²) in [6, 6.07) is 168. The third-order valence-corrected chi connectivity index (χ3v) is 25.2. The van der Waals surface area contributed by atoms with E-state index < -0.39 is 5.41 Å². The first kappa shape index (κ1) is 79.1. The first-order valence-corrected chi connectivity index (χ1v) is 43.9. The van der Waals surface area contributed by atoms with Crippen molar-refractivity contribution in [3.63, 3.8) is 0 Å². The van der Waals surface area contributed by atoms with E-state index in [4.69, 9.17) is 0 Å². The number of benzene rings is 18. The van der Waals surface area contributed by atoms with Gasteiger partial charge in [-0.15, -0.1) is 0 Å². The van der Waals surface area contributed by atoms with Crippen LogP contribution in [0.4, 0.5) is 68.2 Å². The summed E-state index contributed by atoms with van der Waals surface area (Å²) in [5.41, 5.74) is 39.8. The lowest BCUT2D eigenvalue weighted by molar-refractivity contribution is 0.586. The van der Waals surface area contributed by atoms with Gasteiger partial charge in [0.15, 0.2) is 0 Å². The highest BCUT2D eigenvalue weighted by Crippen LogP contribution is 2.65. The van der Waals surface area contributed by atoms with Crippen LogP contribution in [0.1, 0.15) is 114 Å². The Hall–Kier alpha value is -15.4. The molecule has 2 aliphatic carbocycles. The number of para-hydroxylation sites is 3. The number of rotatable bonds is 20. The Labute approximate surface area is 742 Å². The zero-order valence-corrected chi connectivity index (χ0v) is 72.2.